The van der Waals surface area contributed by atoms with E-state index < -0.39 is 17.8 Å². The van der Waals surface area contributed by atoms with E-state index in [9.17, 15) is 19.5 Å². The van der Waals surface area contributed by atoms with Crippen LogP contribution < -0.4 is 5.32 Å². The van der Waals surface area contributed by atoms with Gasteiger partial charge in [0.05, 0.1) is 18.4 Å². The van der Waals surface area contributed by atoms with Gasteiger partial charge < -0.3 is 15.3 Å². The van der Waals surface area contributed by atoms with E-state index in [1.54, 1.807) is 7.05 Å². The Bertz CT molecular complexity index is 460. The summed E-state index contributed by atoms with van der Waals surface area (Å²) in [5, 5.41) is 11.9. The molecule has 20 heavy (non-hydrogen) atoms. The second-order valence-corrected chi connectivity index (χ2v) is 5.46. The number of carboxylic acids is 1. The van der Waals surface area contributed by atoms with Crippen LogP contribution in [0.3, 0.4) is 0 Å². The Hall–Kier alpha value is -1.85. The average Bonchev–Trinajstić information content (AvgIpc) is 3.03. The average molecular weight is 280 g/mol. The molecule has 0 spiro atoms. The first-order chi connectivity index (χ1) is 9.45. The lowest BCUT2D eigenvalue weighted by Gasteiger charge is -2.24. The van der Waals surface area contributed by atoms with Crippen molar-refractivity contribution in [2.24, 2.45) is 23.7 Å². The first-order valence-electron chi connectivity index (χ1n) is 6.88. The highest BCUT2D eigenvalue weighted by Gasteiger charge is 2.51. The van der Waals surface area contributed by atoms with Gasteiger partial charge >= 0.3 is 5.97 Å². The maximum absolute atomic E-state index is 12.2. The van der Waals surface area contributed by atoms with Crippen molar-refractivity contribution < 1.29 is 19.5 Å². The van der Waals surface area contributed by atoms with Crippen molar-refractivity contribution in [2.75, 3.05) is 20.1 Å². The lowest BCUT2D eigenvalue weighted by atomic mass is 9.82. The highest BCUT2D eigenvalue weighted by molar-refractivity contribution is 5.89. The number of allylic oxidation sites excluding steroid dienone is 2. The lowest BCUT2D eigenvalue weighted by molar-refractivity contribution is -0.148. The van der Waals surface area contributed by atoms with Gasteiger partial charge in [0.25, 0.3) is 0 Å². The molecule has 110 valence electrons. The highest BCUT2D eigenvalue weighted by Crippen LogP contribution is 2.48. The summed E-state index contributed by atoms with van der Waals surface area (Å²) < 4.78 is 0. The number of carboxylic acid groups (broad SMARTS) is 1. The predicted molar refractivity (Wildman–Crippen MR) is 71.7 cm³/mol. The van der Waals surface area contributed by atoms with Gasteiger partial charge in [-0.2, -0.15) is 0 Å². The van der Waals surface area contributed by atoms with Crippen LogP contribution in [0.15, 0.2) is 12.2 Å². The van der Waals surface area contributed by atoms with Crippen molar-refractivity contribution in [3.05, 3.63) is 12.2 Å². The Morgan fingerprint density at radius 3 is 2.40 bits per heavy atom. The molecule has 2 bridgehead atoms. The van der Waals surface area contributed by atoms with E-state index in [1.165, 1.54) is 4.90 Å². The molecule has 2 aliphatic carbocycles. The maximum atomic E-state index is 12.2. The number of fused-ring (bicyclic) bond motifs is 2. The van der Waals surface area contributed by atoms with Gasteiger partial charge in [-0.15, -0.1) is 0 Å². The number of nitrogens with zero attached hydrogens (tertiary/aromatic N) is 1. The number of nitrogens with one attached hydrogen (secondary N) is 1. The molecule has 2 N–H and O–H groups in total. The van der Waals surface area contributed by atoms with Gasteiger partial charge in [0.15, 0.2) is 0 Å². The molecule has 0 aliphatic heterocycles. The first-order valence-corrected chi connectivity index (χ1v) is 6.88. The number of aliphatic carboxylic acids is 1. The monoisotopic (exact) mass is 280 g/mol. The van der Waals surface area contributed by atoms with Gasteiger partial charge in [0.2, 0.25) is 11.8 Å². The summed E-state index contributed by atoms with van der Waals surface area (Å²) in [7, 11) is 1.66. The molecule has 1 fully saturated rings. The van der Waals surface area contributed by atoms with Crippen LogP contribution in [0.25, 0.3) is 0 Å². The summed E-state index contributed by atoms with van der Waals surface area (Å²) >= 11 is 0. The molecular formula is C14H20N2O4. The van der Waals surface area contributed by atoms with Crippen LogP contribution >= 0.6 is 0 Å². The van der Waals surface area contributed by atoms with Crippen molar-refractivity contribution >= 4 is 17.8 Å². The zero-order valence-electron chi connectivity index (χ0n) is 11.7. The Morgan fingerprint density at radius 2 is 1.85 bits per heavy atom. The van der Waals surface area contributed by atoms with E-state index in [1.807, 2.05) is 19.1 Å². The molecule has 2 unspecified atom stereocenters. The smallest absolute Gasteiger partial charge is 0.307 e. The third-order valence-electron chi connectivity index (χ3n) is 4.36. The van der Waals surface area contributed by atoms with Gasteiger partial charge in [-0.25, -0.2) is 0 Å². The van der Waals surface area contributed by atoms with Crippen molar-refractivity contribution in [3.63, 3.8) is 0 Å². The van der Waals surface area contributed by atoms with Crippen molar-refractivity contribution in [1.29, 1.82) is 0 Å². The van der Waals surface area contributed by atoms with Crippen LogP contribution in [0.1, 0.15) is 13.3 Å². The van der Waals surface area contributed by atoms with E-state index >= 15 is 0 Å². The second kappa shape index (κ2) is 5.64. The Morgan fingerprint density at radius 1 is 1.25 bits per heavy atom. The minimum absolute atomic E-state index is 0.0138. The molecule has 0 radical (unpaired) electrons. The van der Waals surface area contributed by atoms with E-state index in [-0.39, 0.29) is 30.2 Å². The van der Waals surface area contributed by atoms with Crippen LogP contribution in [0.4, 0.5) is 0 Å². The summed E-state index contributed by atoms with van der Waals surface area (Å²) in [6, 6.07) is 0. The molecule has 4 atom stereocenters. The second-order valence-electron chi connectivity index (χ2n) is 5.46. The zero-order valence-corrected chi connectivity index (χ0v) is 11.7. The summed E-state index contributed by atoms with van der Waals surface area (Å²) in [5.74, 6) is -2.72. The fourth-order valence-electron chi connectivity index (χ4n) is 3.11. The van der Waals surface area contributed by atoms with E-state index in [4.69, 9.17) is 0 Å². The van der Waals surface area contributed by atoms with Crippen molar-refractivity contribution in [1.82, 2.24) is 10.2 Å². The molecular weight excluding hydrogens is 260 g/mol. The molecule has 0 heterocycles. The molecule has 2 rings (SSSR count). The fourth-order valence-corrected chi connectivity index (χ4v) is 3.11. The zero-order chi connectivity index (χ0) is 14.9. The molecule has 6 heteroatoms. The summed E-state index contributed by atoms with van der Waals surface area (Å²) in [5.41, 5.74) is 0. The summed E-state index contributed by atoms with van der Waals surface area (Å²) in [6.45, 7) is 2.34. The molecule has 0 aromatic heterocycles. The standard InChI is InChI=1S/C14H20N2O4/c1-3-16(2)10(17)7-15-13(18)11-8-4-5-9(6-8)12(11)14(19)20/h4-5,8-9,11-12H,3,6-7H2,1-2H3,(H,15,18)(H,19,20)/t8?,9?,11-,12+/m0/s1. The Labute approximate surface area is 117 Å². The van der Waals surface area contributed by atoms with Gasteiger partial charge in [-0.3, -0.25) is 14.4 Å². The summed E-state index contributed by atoms with van der Waals surface area (Å²) in [4.78, 5) is 36.7. The van der Waals surface area contributed by atoms with Crippen molar-refractivity contribution in [3.8, 4) is 0 Å². The molecule has 0 aromatic rings. The maximum Gasteiger partial charge on any atom is 0.307 e. The highest BCUT2D eigenvalue weighted by atomic mass is 16.4. The Kier molecular flexibility index (Phi) is 4.11. The Balaban J connectivity index is 1.97. The van der Waals surface area contributed by atoms with Gasteiger partial charge in [-0.05, 0) is 25.2 Å². The predicted octanol–water partition coefficient (Wildman–Crippen LogP) is 0.104. The first kappa shape index (κ1) is 14.6. The van der Waals surface area contributed by atoms with Gasteiger partial charge in [0, 0.05) is 13.6 Å². The molecule has 2 aliphatic rings. The number of hydrogen-bond acceptors (Lipinski definition) is 3. The number of amides is 2. The topological polar surface area (TPSA) is 86.7 Å². The number of hydrogen-bond donors (Lipinski definition) is 2. The molecule has 6 nitrogen and oxygen atoms in total. The van der Waals surface area contributed by atoms with Crippen LogP contribution in [0.5, 0.6) is 0 Å². The summed E-state index contributed by atoms with van der Waals surface area (Å²) in [6.07, 6.45) is 4.54. The van der Waals surface area contributed by atoms with Crippen LogP contribution in [-0.2, 0) is 14.4 Å². The SMILES string of the molecule is CCN(C)C(=O)CNC(=O)[C@H]1C2C=CC(C2)[C@H]1C(=O)O. The minimum Gasteiger partial charge on any atom is -0.481 e. The molecule has 2 amide bonds. The van der Waals surface area contributed by atoms with Gasteiger partial charge in [-0.1, -0.05) is 12.2 Å². The molecule has 0 aromatic carbocycles. The molecule has 0 saturated heterocycles. The number of carbonyl (C=O) groups excluding carboxylic acids is 2. The molecule has 1 saturated carbocycles. The quantitative estimate of drug-likeness (QED) is 0.699. The van der Waals surface area contributed by atoms with Crippen molar-refractivity contribution in [2.45, 2.75) is 13.3 Å². The number of likely N-dealkylation sites (N-methyl/N-ethyl adjacent to an activating group) is 1. The van der Waals surface area contributed by atoms with Crippen LogP contribution in [-0.4, -0.2) is 47.9 Å². The third kappa shape index (κ3) is 2.55. The number of rotatable bonds is 5. The van der Waals surface area contributed by atoms with Crippen LogP contribution in [0.2, 0.25) is 0 Å². The largest absolute Gasteiger partial charge is 0.481 e. The van der Waals surface area contributed by atoms with Crippen LogP contribution in [0, 0.1) is 23.7 Å². The van der Waals surface area contributed by atoms with E-state index in [0.717, 1.165) is 6.42 Å². The normalized spacial score (nSPS) is 30.3. The number of carbonyl (C=O) groups is 3. The van der Waals surface area contributed by atoms with E-state index in [2.05, 4.69) is 5.32 Å². The minimum atomic E-state index is -0.931. The third-order valence-corrected chi connectivity index (χ3v) is 4.36. The fraction of sp³-hybridized carbons (Fsp3) is 0.643. The lowest BCUT2D eigenvalue weighted by Crippen LogP contribution is -2.44. The van der Waals surface area contributed by atoms with Gasteiger partial charge in [0.1, 0.15) is 0 Å². The van der Waals surface area contributed by atoms with E-state index in [0.29, 0.717) is 6.54 Å².